The number of carbonyl (C=O) groups is 1. The summed E-state index contributed by atoms with van der Waals surface area (Å²) in [6.45, 7) is 1.96. The lowest BCUT2D eigenvalue weighted by molar-refractivity contribution is -0.153. The molecule has 0 aliphatic carbocycles. The molecule has 0 radical (unpaired) electrons. The molecule has 0 fully saturated rings. The first-order valence-electron chi connectivity index (χ1n) is 5.24. The second-order valence-corrected chi connectivity index (χ2v) is 4.50. The van der Waals surface area contributed by atoms with E-state index in [1.807, 2.05) is 18.2 Å². The van der Waals surface area contributed by atoms with Crippen molar-refractivity contribution in [3.8, 4) is 0 Å². The van der Waals surface area contributed by atoms with Crippen LogP contribution in [0.3, 0.4) is 0 Å². The van der Waals surface area contributed by atoms with Gasteiger partial charge in [-0.2, -0.15) is 0 Å². The molecule has 5 heteroatoms. The number of hydrogen-bond donors (Lipinski definition) is 2. The molecule has 1 unspecified atom stereocenters. The van der Waals surface area contributed by atoms with E-state index in [4.69, 9.17) is 4.74 Å². The Morgan fingerprint density at radius 3 is 3.06 bits per heavy atom. The number of carbonyl (C=O) groups excluding carboxylic acids is 1. The van der Waals surface area contributed by atoms with Crippen LogP contribution >= 0.6 is 15.9 Å². The molecule has 0 amide bonds. The molecule has 0 aliphatic rings. The van der Waals surface area contributed by atoms with Gasteiger partial charge >= 0.3 is 5.97 Å². The topological polar surface area (TPSA) is 62.3 Å². The molecular weight excluding hydrogens is 286 g/mol. The van der Waals surface area contributed by atoms with Crippen molar-refractivity contribution < 1.29 is 14.6 Å². The van der Waals surface area contributed by atoms with Crippen LogP contribution in [0.1, 0.15) is 18.6 Å². The van der Waals surface area contributed by atoms with Gasteiger partial charge in [0.05, 0.1) is 6.61 Å². The molecule has 4 nitrogen and oxygen atoms in total. The van der Waals surface area contributed by atoms with Gasteiger partial charge < -0.3 is 14.8 Å². The third kappa shape index (κ3) is 2.35. The average Bonchev–Trinajstić information content (AvgIpc) is 2.71. The molecule has 1 aromatic carbocycles. The number of rotatable bonds is 3. The fourth-order valence-corrected chi connectivity index (χ4v) is 2.06. The highest BCUT2D eigenvalue weighted by Gasteiger charge is 2.21. The lowest BCUT2D eigenvalue weighted by Crippen LogP contribution is -2.14. The van der Waals surface area contributed by atoms with Gasteiger partial charge in [-0.1, -0.05) is 22.0 Å². The largest absolute Gasteiger partial charge is 0.464 e. The van der Waals surface area contributed by atoms with Crippen LogP contribution in [0, 0.1) is 0 Å². The number of aliphatic hydroxyl groups excluding tert-OH is 1. The predicted octanol–water partition coefficient (Wildman–Crippen LogP) is 2.53. The van der Waals surface area contributed by atoms with E-state index in [2.05, 4.69) is 20.9 Å². The molecule has 0 spiro atoms. The van der Waals surface area contributed by atoms with Gasteiger partial charge in [0.2, 0.25) is 0 Å². The molecule has 0 saturated carbocycles. The maximum atomic E-state index is 11.5. The van der Waals surface area contributed by atoms with E-state index in [1.54, 1.807) is 13.1 Å². The van der Waals surface area contributed by atoms with E-state index in [0.717, 1.165) is 15.4 Å². The molecule has 1 atom stereocenters. The van der Waals surface area contributed by atoms with Crippen LogP contribution in [0.2, 0.25) is 0 Å². The molecule has 1 aromatic heterocycles. The molecule has 2 aromatic rings. The SMILES string of the molecule is CCOC(=O)C(O)c1c[nH]c2cc(Br)ccc12. The molecule has 0 bridgehead atoms. The van der Waals surface area contributed by atoms with Gasteiger partial charge in [0.25, 0.3) is 0 Å². The Morgan fingerprint density at radius 1 is 1.59 bits per heavy atom. The van der Waals surface area contributed by atoms with Crippen molar-refractivity contribution in [3.05, 3.63) is 34.4 Å². The normalized spacial score (nSPS) is 12.6. The number of ether oxygens (including phenoxy) is 1. The van der Waals surface area contributed by atoms with Crippen molar-refractivity contribution in [2.24, 2.45) is 0 Å². The van der Waals surface area contributed by atoms with Crippen LogP contribution in [0.15, 0.2) is 28.9 Å². The molecule has 90 valence electrons. The Balaban J connectivity index is 2.39. The minimum Gasteiger partial charge on any atom is -0.464 e. The average molecular weight is 298 g/mol. The van der Waals surface area contributed by atoms with Gasteiger partial charge in [0.1, 0.15) is 0 Å². The van der Waals surface area contributed by atoms with Crippen molar-refractivity contribution in [1.82, 2.24) is 4.98 Å². The lowest BCUT2D eigenvalue weighted by atomic mass is 10.1. The minimum atomic E-state index is -1.25. The highest BCUT2D eigenvalue weighted by molar-refractivity contribution is 9.10. The second-order valence-electron chi connectivity index (χ2n) is 3.59. The summed E-state index contributed by atoms with van der Waals surface area (Å²) < 4.78 is 5.72. The Labute approximate surface area is 107 Å². The van der Waals surface area contributed by atoms with Crippen LogP contribution in [-0.2, 0) is 9.53 Å². The zero-order valence-electron chi connectivity index (χ0n) is 9.24. The van der Waals surface area contributed by atoms with Gasteiger partial charge in [-0.3, -0.25) is 0 Å². The molecule has 0 saturated heterocycles. The summed E-state index contributed by atoms with van der Waals surface area (Å²) in [5.74, 6) is -0.628. The maximum absolute atomic E-state index is 11.5. The zero-order chi connectivity index (χ0) is 12.4. The number of halogens is 1. The van der Waals surface area contributed by atoms with E-state index < -0.39 is 12.1 Å². The number of aromatic amines is 1. The van der Waals surface area contributed by atoms with Crippen LogP contribution in [0.5, 0.6) is 0 Å². The molecule has 2 rings (SSSR count). The Bertz CT molecular complexity index is 550. The number of benzene rings is 1. The van der Waals surface area contributed by atoms with Crippen LogP contribution in [0.25, 0.3) is 10.9 Å². The highest BCUT2D eigenvalue weighted by atomic mass is 79.9. The summed E-state index contributed by atoms with van der Waals surface area (Å²) in [7, 11) is 0. The smallest absolute Gasteiger partial charge is 0.339 e. The first-order chi connectivity index (χ1) is 8.13. The molecule has 2 N–H and O–H groups in total. The predicted molar refractivity (Wildman–Crippen MR) is 67.6 cm³/mol. The summed E-state index contributed by atoms with van der Waals surface area (Å²) in [4.78, 5) is 14.5. The van der Waals surface area contributed by atoms with Gasteiger partial charge in [-0.05, 0) is 19.1 Å². The minimum absolute atomic E-state index is 0.254. The van der Waals surface area contributed by atoms with Crippen molar-refractivity contribution in [1.29, 1.82) is 0 Å². The molecule has 17 heavy (non-hydrogen) atoms. The summed E-state index contributed by atoms with van der Waals surface area (Å²) in [5, 5.41) is 10.7. The van der Waals surface area contributed by atoms with Crippen molar-refractivity contribution in [2.45, 2.75) is 13.0 Å². The number of hydrogen-bond acceptors (Lipinski definition) is 3. The van der Waals surface area contributed by atoms with Crippen LogP contribution in [-0.4, -0.2) is 22.7 Å². The summed E-state index contributed by atoms with van der Waals surface area (Å²) in [6, 6.07) is 5.59. The zero-order valence-corrected chi connectivity index (χ0v) is 10.8. The fraction of sp³-hybridized carbons (Fsp3) is 0.250. The van der Waals surface area contributed by atoms with Gasteiger partial charge in [0, 0.05) is 27.1 Å². The van der Waals surface area contributed by atoms with Gasteiger partial charge in [0.15, 0.2) is 6.10 Å². The van der Waals surface area contributed by atoms with E-state index >= 15 is 0 Å². The first-order valence-corrected chi connectivity index (χ1v) is 6.04. The van der Waals surface area contributed by atoms with E-state index in [-0.39, 0.29) is 6.61 Å². The first kappa shape index (κ1) is 12.1. The maximum Gasteiger partial charge on any atom is 0.339 e. The Morgan fingerprint density at radius 2 is 2.35 bits per heavy atom. The van der Waals surface area contributed by atoms with Crippen LogP contribution < -0.4 is 0 Å². The van der Waals surface area contributed by atoms with Crippen LogP contribution in [0.4, 0.5) is 0 Å². The van der Waals surface area contributed by atoms with Gasteiger partial charge in [-0.15, -0.1) is 0 Å². The highest BCUT2D eigenvalue weighted by Crippen LogP contribution is 2.27. The van der Waals surface area contributed by atoms with Crippen molar-refractivity contribution >= 4 is 32.8 Å². The lowest BCUT2D eigenvalue weighted by Gasteiger charge is -2.08. The summed E-state index contributed by atoms with van der Waals surface area (Å²) in [6.07, 6.45) is 0.378. The van der Waals surface area contributed by atoms with Gasteiger partial charge in [-0.25, -0.2) is 4.79 Å². The standard InChI is InChI=1S/C12H12BrNO3/c1-2-17-12(16)11(15)9-6-14-10-5-7(13)3-4-8(9)10/h3-6,11,14-15H,2H2,1H3. The Kier molecular flexibility index (Phi) is 3.49. The molecule has 0 aliphatic heterocycles. The fourth-order valence-electron chi connectivity index (χ4n) is 1.70. The number of aliphatic hydroxyl groups is 1. The second kappa shape index (κ2) is 4.89. The van der Waals surface area contributed by atoms with Crippen molar-refractivity contribution in [2.75, 3.05) is 6.61 Å². The number of aromatic nitrogens is 1. The monoisotopic (exact) mass is 297 g/mol. The van der Waals surface area contributed by atoms with E-state index in [0.29, 0.717) is 5.56 Å². The number of nitrogens with one attached hydrogen (secondary N) is 1. The Hall–Kier alpha value is -1.33. The summed E-state index contributed by atoms with van der Waals surface area (Å²) in [5.41, 5.74) is 1.39. The molecular formula is C12H12BrNO3. The third-order valence-electron chi connectivity index (χ3n) is 2.48. The molecule has 1 heterocycles. The summed E-state index contributed by atoms with van der Waals surface area (Å²) >= 11 is 3.36. The van der Waals surface area contributed by atoms with Crippen molar-refractivity contribution in [3.63, 3.8) is 0 Å². The number of fused-ring (bicyclic) bond motifs is 1. The van der Waals surface area contributed by atoms with E-state index in [9.17, 15) is 9.90 Å². The number of H-pyrrole nitrogens is 1. The number of esters is 1. The van der Waals surface area contributed by atoms with E-state index in [1.165, 1.54) is 0 Å². The third-order valence-corrected chi connectivity index (χ3v) is 2.97. The quantitative estimate of drug-likeness (QED) is 0.856.